The van der Waals surface area contributed by atoms with Gasteiger partial charge in [-0.25, -0.2) is 0 Å². The van der Waals surface area contributed by atoms with Crippen molar-refractivity contribution < 1.29 is 18.1 Å². The van der Waals surface area contributed by atoms with E-state index < -0.39 is 10.1 Å². The second kappa shape index (κ2) is 3.92. The van der Waals surface area contributed by atoms with Gasteiger partial charge >= 0.3 is 0 Å². The summed E-state index contributed by atoms with van der Waals surface area (Å²) < 4.78 is 29.3. The van der Waals surface area contributed by atoms with Crippen LogP contribution >= 0.6 is 0 Å². The van der Waals surface area contributed by atoms with E-state index in [1.807, 2.05) is 0 Å². The molecule has 0 atom stereocenters. The maximum atomic E-state index is 10.4. The highest BCUT2D eigenvalue weighted by molar-refractivity contribution is 7.85. The van der Waals surface area contributed by atoms with Crippen LogP contribution in [0.25, 0.3) is 0 Å². The van der Waals surface area contributed by atoms with Crippen LogP contribution in [0, 0.1) is 0 Å². The first-order valence-corrected chi connectivity index (χ1v) is 4.21. The van der Waals surface area contributed by atoms with Gasteiger partial charge in [0.1, 0.15) is 5.75 Å². The highest BCUT2D eigenvalue weighted by Crippen LogP contribution is 2.13. The molecule has 66 valence electrons. The molecule has 0 fully saturated rings. The number of aromatic hydroxyl groups is 1. The first-order valence-electron chi connectivity index (χ1n) is 2.77. The average Bonchev–Trinajstić information content (AvgIpc) is 1.86. The zero-order chi connectivity index (χ0) is 8.48. The molecule has 0 aliphatic carbocycles. The number of phenols is 1. The van der Waals surface area contributed by atoms with E-state index in [9.17, 15) is 8.42 Å². The standard InChI is InChI=1S/C6H6O4S.Al.3H/c7-5-1-3-6(4-2-5)11(8,9)10;;;;/h1-4,7H,(H,8,9,10);;;;. The predicted molar refractivity (Wildman–Crippen MR) is 47.9 cm³/mol. The Morgan fingerprint density at radius 3 is 1.83 bits per heavy atom. The molecular formula is C6H9AlO4S. The Bertz CT molecular complexity index is 342. The fourth-order valence-corrected chi connectivity index (χ4v) is 1.10. The predicted octanol–water partition coefficient (Wildman–Crippen LogP) is -0.545. The fourth-order valence-electron chi connectivity index (χ4n) is 0.618. The molecule has 0 spiro atoms. The Labute approximate surface area is 80.7 Å². The van der Waals surface area contributed by atoms with Crippen molar-refractivity contribution in [3.63, 3.8) is 0 Å². The Kier molecular flexibility index (Phi) is 3.74. The van der Waals surface area contributed by atoms with Gasteiger partial charge < -0.3 is 5.11 Å². The topological polar surface area (TPSA) is 74.6 Å². The fraction of sp³-hybridized carbons (Fsp3) is 0. The van der Waals surface area contributed by atoms with Crippen LogP contribution in [0.3, 0.4) is 0 Å². The molecule has 0 bridgehead atoms. The molecule has 0 aromatic heterocycles. The van der Waals surface area contributed by atoms with Crippen molar-refractivity contribution in [2.24, 2.45) is 0 Å². The van der Waals surface area contributed by atoms with Crippen LogP contribution < -0.4 is 0 Å². The van der Waals surface area contributed by atoms with Crippen LogP contribution in [-0.2, 0) is 10.1 Å². The lowest BCUT2D eigenvalue weighted by Gasteiger charge is -1.94. The van der Waals surface area contributed by atoms with Crippen LogP contribution in [0.15, 0.2) is 29.2 Å². The molecule has 0 aliphatic rings. The van der Waals surface area contributed by atoms with Gasteiger partial charge in [-0.3, -0.25) is 4.55 Å². The minimum Gasteiger partial charge on any atom is -0.508 e. The van der Waals surface area contributed by atoms with Gasteiger partial charge in [0.15, 0.2) is 17.4 Å². The van der Waals surface area contributed by atoms with Gasteiger partial charge in [-0.1, -0.05) is 0 Å². The summed E-state index contributed by atoms with van der Waals surface area (Å²) in [7, 11) is -4.13. The third-order valence-corrected chi connectivity index (χ3v) is 2.00. The number of hydrogen-bond donors (Lipinski definition) is 2. The van der Waals surface area contributed by atoms with Crippen LogP contribution in [0.2, 0.25) is 0 Å². The molecule has 1 aromatic carbocycles. The highest BCUT2D eigenvalue weighted by atomic mass is 32.2. The van der Waals surface area contributed by atoms with E-state index in [1.54, 1.807) is 0 Å². The number of phenolic OH excluding ortho intramolecular Hbond substituents is 1. The molecule has 1 rings (SSSR count). The Morgan fingerprint density at radius 2 is 1.50 bits per heavy atom. The van der Waals surface area contributed by atoms with Gasteiger partial charge in [-0.15, -0.1) is 0 Å². The van der Waals surface area contributed by atoms with Crippen molar-refractivity contribution in [3.05, 3.63) is 24.3 Å². The summed E-state index contributed by atoms with van der Waals surface area (Å²) >= 11 is 0. The van der Waals surface area contributed by atoms with Crippen LogP contribution in [0.5, 0.6) is 5.75 Å². The summed E-state index contributed by atoms with van der Waals surface area (Å²) in [6, 6.07) is 4.60. The summed E-state index contributed by atoms with van der Waals surface area (Å²) in [5, 5.41) is 8.75. The molecule has 4 nitrogen and oxygen atoms in total. The van der Waals surface area contributed by atoms with E-state index in [-0.39, 0.29) is 28.0 Å². The van der Waals surface area contributed by atoms with Crippen molar-refractivity contribution in [1.29, 1.82) is 0 Å². The van der Waals surface area contributed by atoms with E-state index in [1.165, 1.54) is 12.1 Å². The van der Waals surface area contributed by atoms with E-state index in [4.69, 9.17) is 9.66 Å². The highest BCUT2D eigenvalue weighted by Gasteiger charge is 2.07. The summed E-state index contributed by atoms with van der Waals surface area (Å²) in [6.45, 7) is 0. The van der Waals surface area contributed by atoms with Crippen molar-refractivity contribution >= 4 is 27.5 Å². The van der Waals surface area contributed by atoms with E-state index in [0.29, 0.717) is 0 Å². The maximum Gasteiger partial charge on any atom is 0.294 e. The zero-order valence-corrected chi connectivity index (χ0v) is 6.25. The monoisotopic (exact) mass is 204 g/mol. The molecule has 0 saturated heterocycles. The van der Waals surface area contributed by atoms with Crippen molar-refractivity contribution in [2.45, 2.75) is 4.90 Å². The van der Waals surface area contributed by atoms with Gasteiger partial charge in [0.05, 0.1) is 4.90 Å². The Hall–Kier alpha value is -0.538. The molecule has 0 aliphatic heterocycles. The molecule has 12 heavy (non-hydrogen) atoms. The Balaban J connectivity index is 0.00000121. The first kappa shape index (κ1) is 11.5. The molecule has 2 N–H and O–H groups in total. The number of hydrogen-bond acceptors (Lipinski definition) is 3. The summed E-state index contributed by atoms with van der Waals surface area (Å²) in [6.07, 6.45) is 0. The minimum absolute atomic E-state index is 0. The van der Waals surface area contributed by atoms with E-state index in [2.05, 4.69) is 0 Å². The van der Waals surface area contributed by atoms with Crippen molar-refractivity contribution in [1.82, 2.24) is 0 Å². The van der Waals surface area contributed by atoms with Gasteiger partial charge in [-0.05, 0) is 24.3 Å². The van der Waals surface area contributed by atoms with Crippen LogP contribution in [-0.4, -0.2) is 35.4 Å². The molecular weight excluding hydrogens is 195 g/mol. The van der Waals surface area contributed by atoms with E-state index >= 15 is 0 Å². The molecule has 0 radical (unpaired) electrons. The lowest BCUT2D eigenvalue weighted by atomic mass is 10.3. The Morgan fingerprint density at radius 1 is 1.08 bits per heavy atom. The molecule has 0 unspecified atom stereocenters. The normalized spacial score (nSPS) is 10.4. The SMILES string of the molecule is O=S(=O)(O)c1ccc(O)cc1.[AlH3]. The van der Waals surface area contributed by atoms with Gasteiger partial charge in [0.25, 0.3) is 10.1 Å². The maximum absolute atomic E-state index is 10.4. The smallest absolute Gasteiger partial charge is 0.294 e. The summed E-state index contributed by atoms with van der Waals surface area (Å²) in [5.41, 5.74) is 0. The van der Waals surface area contributed by atoms with Gasteiger partial charge in [0.2, 0.25) is 0 Å². The molecule has 0 saturated carbocycles. The second-order valence-electron chi connectivity index (χ2n) is 1.97. The zero-order valence-electron chi connectivity index (χ0n) is 5.43. The third kappa shape index (κ3) is 2.83. The van der Waals surface area contributed by atoms with Gasteiger partial charge in [0, 0.05) is 0 Å². The molecule has 6 heteroatoms. The number of rotatable bonds is 1. The average molecular weight is 204 g/mol. The van der Waals surface area contributed by atoms with Crippen LogP contribution in [0.1, 0.15) is 0 Å². The quantitative estimate of drug-likeness (QED) is 0.475. The number of benzene rings is 1. The van der Waals surface area contributed by atoms with Crippen molar-refractivity contribution in [2.75, 3.05) is 0 Å². The van der Waals surface area contributed by atoms with Crippen LogP contribution in [0.4, 0.5) is 0 Å². The second-order valence-corrected chi connectivity index (χ2v) is 3.39. The molecule has 0 heterocycles. The minimum atomic E-state index is -4.13. The summed E-state index contributed by atoms with van der Waals surface area (Å²) in [4.78, 5) is -0.227. The molecule has 1 aromatic rings. The largest absolute Gasteiger partial charge is 0.508 e. The molecule has 0 amide bonds. The van der Waals surface area contributed by atoms with Crippen molar-refractivity contribution in [3.8, 4) is 5.75 Å². The summed E-state index contributed by atoms with van der Waals surface area (Å²) in [5.74, 6) is -0.0441. The lowest BCUT2D eigenvalue weighted by Crippen LogP contribution is -1.96. The lowest BCUT2D eigenvalue weighted by molar-refractivity contribution is 0.472. The first-order chi connectivity index (χ1) is 5.00. The van der Waals surface area contributed by atoms with E-state index in [0.717, 1.165) is 12.1 Å². The van der Waals surface area contributed by atoms with Gasteiger partial charge in [-0.2, -0.15) is 8.42 Å². The third-order valence-electron chi connectivity index (χ3n) is 1.13.